The number of benzene rings is 3. The van der Waals surface area contributed by atoms with Crippen LogP contribution in [0.5, 0.6) is 0 Å². The first kappa shape index (κ1) is 19.6. The number of H-pyrrole nitrogens is 1. The summed E-state index contributed by atoms with van der Waals surface area (Å²) in [6.07, 6.45) is 2.19. The minimum absolute atomic E-state index is 0.0700. The second-order valence-corrected chi connectivity index (χ2v) is 8.65. The van der Waals surface area contributed by atoms with Gasteiger partial charge in [-0.25, -0.2) is 0 Å². The molecule has 1 aliphatic heterocycles. The van der Waals surface area contributed by atoms with Crippen molar-refractivity contribution in [3.05, 3.63) is 106 Å². The lowest BCUT2D eigenvalue weighted by atomic mass is 9.91. The molecule has 0 radical (unpaired) electrons. The average molecular weight is 409 g/mol. The van der Waals surface area contributed by atoms with Gasteiger partial charge in [-0.05, 0) is 48.9 Å². The number of aryl methyl sites for hydroxylation is 3. The van der Waals surface area contributed by atoms with Crippen molar-refractivity contribution in [3.63, 3.8) is 0 Å². The monoisotopic (exact) mass is 408 g/mol. The highest BCUT2D eigenvalue weighted by molar-refractivity contribution is 5.88. The number of rotatable bonds is 4. The first-order valence-electron chi connectivity index (χ1n) is 11.1. The SMILES string of the molecule is Cc1ccc(C2c3[nH]c4c(C)cccc4c3CCN2C(=O)CCc2ccccc2)cc1. The van der Waals surface area contributed by atoms with Crippen LogP contribution in [0.15, 0.2) is 72.8 Å². The summed E-state index contributed by atoms with van der Waals surface area (Å²) >= 11 is 0. The lowest BCUT2D eigenvalue weighted by Crippen LogP contribution is -2.40. The molecule has 3 heteroatoms. The largest absolute Gasteiger partial charge is 0.356 e. The number of nitrogens with zero attached hydrogens (tertiary/aromatic N) is 1. The maximum Gasteiger partial charge on any atom is 0.223 e. The van der Waals surface area contributed by atoms with E-state index in [4.69, 9.17) is 0 Å². The van der Waals surface area contributed by atoms with Gasteiger partial charge in [-0.2, -0.15) is 0 Å². The van der Waals surface area contributed by atoms with Gasteiger partial charge in [0.05, 0.1) is 6.04 Å². The molecule has 31 heavy (non-hydrogen) atoms. The normalized spacial score (nSPS) is 15.8. The van der Waals surface area contributed by atoms with Crippen molar-refractivity contribution in [2.45, 2.75) is 39.2 Å². The number of hydrogen-bond donors (Lipinski definition) is 1. The van der Waals surface area contributed by atoms with Crippen molar-refractivity contribution in [1.82, 2.24) is 9.88 Å². The van der Waals surface area contributed by atoms with Crippen LogP contribution in [0.3, 0.4) is 0 Å². The van der Waals surface area contributed by atoms with Crippen LogP contribution in [-0.2, 0) is 17.6 Å². The van der Waals surface area contributed by atoms with Crippen LogP contribution in [0, 0.1) is 13.8 Å². The van der Waals surface area contributed by atoms with Gasteiger partial charge in [0, 0.05) is 29.6 Å². The Hall–Kier alpha value is -3.33. The summed E-state index contributed by atoms with van der Waals surface area (Å²) < 4.78 is 0. The van der Waals surface area contributed by atoms with Gasteiger partial charge in [0.15, 0.2) is 0 Å². The van der Waals surface area contributed by atoms with Crippen LogP contribution < -0.4 is 0 Å². The second-order valence-electron chi connectivity index (χ2n) is 8.65. The van der Waals surface area contributed by atoms with Gasteiger partial charge in [0.2, 0.25) is 5.91 Å². The quantitative estimate of drug-likeness (QED) is 0.449. The molecule has 0 spiro atoms. The van der Waals surface area contributed by atoms with Crippen molar-refractivity contribution in [3.8, 4) is 0 Å². The third-order valence-electron chi connectivity index (χ3n) is 6.55. The number of nitrogens with one attached hydrogen (secondary N) is 1. The van der Waals surface area contributed by atoms with E-state index in [-0.39, 0.29) is 11.9 Å². The molecular weight excluding hydrogens is 380 g/mol. The number of aromatic nitrogens is 1. The van der Waals surface area contributed by atoms with Gasteiger partial charge in [-0.15, -0.1) is 0 Å². The molecule has 1 unspecified atom stereocenters. The van der Waals surface area contributed by atoms with Crippen LogP contribution in [0.1, 0.15) is 46.0 Å². The highest BCUT2D eigenvalue weighted by atomic mass is 16.2. The Morgan fingerprint density at radius 1 is 0.968 bits per heavy atom. The minimum Gasteiger partial charge on any atom is -0.356 e. The molecular formula is C28H28N2O. The summed E-state index contributed by atoms with van der Waals surface area (Å²) in [6.45, 7) is 5.00. The fraction of sp³-hybridized carbons (Fsp3) is 0.250. The number of amides is 1. The molecule has 3 aromatic carbocycles. The molecule has 0 bridgehead atoms. The van der Waals surface area contributed by atoms with Gasteiger partial charge in [0.1, 0.15) is 0 Å². The lowest BCUT2D eigenvalue weighted by molar-refractivity contribution is -0.133. The topological polar surface area (TPSA) is 36.1 Å². The van der Waals surface area contributed by atoms with Crippen molar-refractivity contribution in [2.75, 3.05) is 6.54 Å². The van der Waals surface area contributed by atoms with Gasteiger partial charge in [0.25, 0.3) is 0 Å². The Bertz CT molecular complexity index is 1220. The van der Waals surface area contributed by atoms with Gasteiger partial charge < -0.3 is 9.88 Å². The fourth-order valence-corrected chi connectivity index (χ4v) is 4.86. The molecule has 156 valence electrons. The second kappa shape index (κ2) is 8.07. The van der Waals surface area contributed by atoms with Crippen LogP contribution in [-0.4, -0.2) is 22.3 Å². The molecule has 1 aromatic heterocycles. The Kier molecular flexibility index (Phi) is 5.11. The Morgan fingerprint density at radius 2 is 1.74 bits per heavy atom. The molecule has 1 aliphatic rings. The predicted molar refractivity (Wildman–Crippen MR) is 126 cm³/mol. The number of carbonyl (C=O) groups excluding carboxylic acids is 1. The standard InChI is InChI=1S/C28H28N2O/c1-19-11-14-22(15-12-19)28-27-24(23-10-6-7-20(2)26(23)29-27)17-18-30(28)25(31)16-13-21-8-4-3-5-9-21/h3-12,14-15,28-29H,13,16-18H2,1-2H3. The summed E-state index contributed by atoms with van der Waals surface area (Å²) in [5.41, 5.74) is 8.59. The third-order valence-corrected chi connectivity index (χ3v) is 6.55. The average Bonchev–Trinajstić information content (AvgIpc) is 3.18. The minimum atomic E-state index is -0.0700. The maximum atomic E-state index is 13.4. The molecule has 1 amide bonds. The Balaban J connectivity index is 1.53. The van der Waals surface area contributed by atoms with E-state index in [9.17, 15) is 4.79 Å². The van der Waals surface area contributed by atoms with E-state index in [0.29, 0.717) is 6.42 Å². The van der Waals surface area contributed by atoms with Crippen LogP contribution in [0.2, 0.25) is 0 Å². The van der Waals surface area contributed by atoms with Crippen molar-refractivity contribution in [2.24, 2.45) is 0 Å². The summed E-state index contributed by atoms with van der Waals surface area (Å²) in [7, 11) is 0. The van der Waals surface area contributed by atoms with Gasteiger partial charge >= 0.3 is 0 Å². The lowest BCUT2D eigenvalue weighted by Gasteiger charge is -2.36. The zero-order chi connectivity index (χ0) is 21.4. The van der Waals surface area contributed by atoms with E-state index in [1.165, 1.54) is 44.4 Å². The molecule has 3 nitrogen and oxygen atoms in total. The third kappa shape index (κ3) is 3.65. The van der Waals surface area contributed by atoms with Crippen LogP contribution in [0.25, 0.3) is 10.9 Å². The molecule has 5 rings (SSSR count). The fourth-order valence-electron chi connectivity index (χ4n) is 4.86. The Labute approximate surface area is 183 Å². The zero-order valence-electron chi connectivity index (χ0n) is 18.2. The predicted octanol–water partition coefficient (Wildman–Crippen LogP) is 5.89. The van der Waals surface area contributed by atoms with E-state index in [1.54, 1.807) is 0 Å². The Morgan fingerprint density at radius 3 is 2.52 bits per heavy atom. The summed E-state index contributed by atoms with van der Waals surface area (Å²) in [5, 5.41) is 1.29. The number of carbonyl (C=O) groups is 1. The molecule has 0 fully saturated rings. The van der Waals surface area contributed by atoms with E-state index < -0.39 is 0 Å². The maximum absolute atomic E-state index is 13.4. The summed E-state index contributed by atoms with van der Waals surface area (Å²) in [4.78, 5) is 19.2. The molecule has 1 N–H and O–H groups in total. The molecule has 0 saturated carbocycles. The number of aromatic amines is 1. The van der Waals surface area contributed by atoms with Crippen LogP contribution >= 0.6 is 0 Å². The highest BCUT2D eigenvalue weighted by Crippen LogP contribution is 2.39. The van der Waals surface area contributed by atoms with Crippen molar-refractivity contribution in [1.29, 1.82) is 0 Å². The highest BCUT2D eigenvalue weighted by Gasteiger charge is 2.34. The first-order valence-corrected chi connectivity index (χ1v) is 11.1. The van der Waals surface area contributed by atoms with Gasteiger partial charge in [-0.1, -0.05) is 78.4 Å². The van der Waals surface area contributed by atoms with Crippen molar-refractivity contribution >= 4 is 16.8 Å². The number of hydrogen-bond acceptors (Lipinski definition) is 1. The molecule has 0 saturated heterocycles. The van der Waals surface area contributed by atoms with E-state index >= 15 is 0 Å². The zero-order valence-corrected chi connectivity index (χ0v) is 18.2. The molecule has 0 aliphatic carbocycles. The molecule has 4 aromatic rings. The first-order chi connectivity index (χ1) is 15.1. The molecule has 1 atom stereocenters. The van der Waals surface area contributed by atoms with Crippen molar-refractivity contribution < 1.29 is 4.79 Å². The number of para-hydroxylation sites is 1. The molecule has 2 heterocycles. The van der Waals surface area contributed by atoms with E-state index in [1.807, 2.05) is 18.2 Å². The number of fused-ring (bicyclic) bond motifs is 3. The van der Waals surface area contributed by atoms with Gasteiger partial charge in [-0.3, -0.25) is 4.79 Å². The smallest absolute Gasteiger partial charge is 0.223 e. The van der Waals surface area contributed by atoms with E-state index in [0.717, 1.165) is 19.4 Å². The van der Waals surface area contributed by atoms with Crippen LogP contribution in [0.4, 0.5) is 0 Å². The summed E-state index contributed by atoms with van der Waals surface area (Å²) in [6, 6.07) is 25.3. The van der Waals surface area contributed by atoms with E-state index in [2.05, 4.69) is 78.3 Å². The summed E-state index contributed by atoms with van der Waals surface area (Å²) in [5.74, 6) is 0.218.